The fourth-order valence-corrected chi connectivity index (χ4v) is 4.25. The second kappa shape index (κ2) is 6.00. The molecule has 0 aromatic carbocycles. The van der Waals surface area contributed by atoms with Crippen LogP contribution in [-0.2, 0) is 14.6 Å². The lowest BCUT2D eigenvalue weighted by Gasteiger charge is -2.26. The fraction of sp³-hybridized carbons (Fsp3) is 0.714. The summed E-state index contributed by atoms with van der Waals surface area (Å²) in [6.45, 7) is 3.06. The zero-order valence-corrected chi connectivity index (χ0v) is 13.5. The predicted octanol–water partition coefficient (Wildman–Crippen LogP) is 0.129. The molecule has 0 unspecified atom stereocenters. The predicted molar refractivity (Wildman–Crippen MR) is 81.2 cm³/mol. The number of nitrogens with zero attached hydrogens (tertiary/aromatic N) is 2. The van der Waals surface area contributed by atoms with Gasteiger partial charge in [-0.25, -0.2) is 8.42 Å². The van der Waals surface area contributed by atoms with Crippen molar-refractivity contribution < 1.29 is 13.2 Å². The molecule has 2 aliphatic rings. The molecule has 3 rings (SSSR count). The van der Waals surface area contributed by atoms with Gasteiger partial charge in [0.2, 0.25) is 5.91 Å². The molecule has 3 heterocycles. The van der Waals surface area contributed by atoms with Crippen LogP contribution in [0.5, 0.6) is 0 Å². The molecule has 2 fully saturated rings. The maximum absolute atomic E-state index is 12.6. The maximum Gasteiger partial charge on any atom is 0.225 e. The Kier molecular flexibility index (Phi) is 4.22. The first-order chi connectivity index (χ1) is 10.5. The van der Waals surface area contributed by atoms with Gasteiger partial charge in [-0.3, -0.25) is 9.89 Å². The minimum atomic E-state index is -3.29. The summed E-state index contributed by atoms with van der Waals surface area (Å²) in [6, 6.07) is 0. The van der Waals surface area contributed by atoms with E-state index in [9.17, 15) is 13.2 Å². The highest BCUT2D eigenvalue weighted by Gasteiger charge is 2.34. The van der Waals surface area contributed by atoms with Gasteiger partial charge in [-0.05, 0) is 32.4 Å². The first-order valence-electron chi connectivity index (χ1n) is 7.69. The van der Waals surface area contributed by atoms with Gasteiger partial charge in [0.15, 0.2) is 9.84 Å². The first kappa shape index (κ1) is 15.5. The summed E-state index contributed by atoms with van der Waals surface area (Å²) in [5, 5.41) is 9.96. The number of carbonyl (C=O) groups excluding carboxylic acids is 1. The third kappa shape index (κ3) is 3.03. The minimum absolute atomic E-state index is 0.0258. The standard InChI is InChI=1S/C14H22N4O3S/c1-22(20,21)12-8-16-17-13(12)11-4-7-18(9-11)14(19)10-2-5-15-6-3-10/h8,10-11,15H,2-7,9H2,1H3,(H,16,17)/t11-/m1/s1. The summed E-state index contributed by atoms with van der Waals surface area (Å²) in [7, 11) is -3.29. The van der Waals surface area contributed by atoms with E-state index in [1.165, 1.54) is 12.5 Å². The van der Waals surface area contributed by atoms with Crippen LogP contribution < -0.4 is 5.32 Å². The van der Waals surface area contributed by atoms with Gasteiger partial charge >= 0.3 is 0 Å². The van der Waals surface area contributed by atoms with Crippen LogP contribution in [-0.4, -0.2) is 61.9 Å². The van der Waals surface area contributed by atoms with Crippen LogP contribution in [0.3, 0.4) is 0 Å². The lowest BCUT2D eigenvalue weighted by molar-refractivity contribution is -0.135. The molecule has 1 aromatic heterocycles. The van der Waals surface area contributed by atoms with Gasteiger partial charge in [-0.15, -0.1) is 0 Å². The van der Waals surface area contributed by atoms with E-state index < -0.39 is 9.84 Å². The fourth-order valence-electron chi connectivity index (χ4n) is 3.40. The van der Waals surface area contributed by atoms with Crippen LogP contribution in [0.1, 0.15) is 30.9 Å². The topological polar surface area (TPSA) is 95.2 Å². The molecule has 0 spiro atoms. The first-order valence-corrected chi connectivity index (χ1v) is 9.59. The van der Waals surface area contributed by atoms with Gasteiger partial charge in [-0.1, -0.05) is 0 Å². The zero-order chi connectivity index (χ0) is 15.7. The van der Waals surface area contributed by atoms with Crippen molar-refractivity contribution in [2.24, 2.45) is 5.92 Å². The Hall–Kier alpha value is -1.41. The van der Waals surface area contributed by atoms with Gasteiger partial charge in [0.25, 0.3) is 0 Å². The van der Waals surface area contributed by atoms with Gasteiger partial charge < -0.3 is 10.2 Å². The highest BCUT2D eigenvalue weighted by Crippen LogP contribution is 2.31. The molecule has 0 radical (unpaired) electrons. The summed E-state index contributed by atoms with van der Waals surface area (Å²) in [5.74, 6) is 0.346. The van der Waals surface area contributed by atoms with E-state index in [0.717, 1.165) is 32.4 Å². The number of aromatic amines is 1. The molecule has 2 saturated heterocycles. The quantitative estimate of drug-likeness (QED) is 0.823. The average molecular weight is 326 g/mol. The minimum Gasteiger partial charge on any atom is -0.342 e. The number of aromatic nitrogens is 2. The SMILES string of the molecule is CS(=O)(=O)c1cn[nH]c1[C@@H]1CCN(C(=O)C2CCNCC2)C1. The molecule has 0 saturated carbocycles. The Balaban J connectivity index is 1.70. The van der Waals surface area contributed by atoms with Crippen LogP contribution >= 0.6 is 0 Å². The Bertz CT molecular complexity index is 649. The third-order valence-electron chi connectivity index (χ3n) is 4.63. The van der Waals surface area contributed by atoms with Crippen LogP contribution in [0.15, 0.2) is 11.1 Å². The molecule has 1 aromatic rings. The molecule has 8 heteroatoms. The molecule has 22 heavy (non-hydrogen) atoms. The van der Waals surface area contributed by atoms with Crippen LogP contribution in [0, 0.1) is 5.92 Å². The Morgan fingerprint density at radius 1 is 1.32 bits per heavy atom. The van der Waals surface area contributed by atoms with Crippen molar-refractivity contribution in [2.45, 2.75) is 30.1 Å². The highest BCUT2D eigenvalue weighted by molar-refractivity contribution is 7.90. The van der Waals surface area contributed by atoms with Crippen molar-refractivity contribution in [3.8, 4) is 0 Å². The molecular formula is C14H22N4O3S. The molecule has 2 N–H and O–H groups in total. The molecule has 1 atom stereocenters. The monoisotopic (exact) mass is 326 g/mol. The number of piperidine rings is 1. The van der Waals surface area contributed by atoms with E-state index in [0.29, 0.717) is 18.8 Å². The summed E-state index contributed by atoms with van der Waals surface area (Å²) in [6.07, 6.45) is 5.11. The van der Waals surface area contributed by atoms with Crippen LogP contribution in [0.4, 0.5) is 0 Å². The van der Waals surface area contributed by atoms with Crippen molar-refractivity contribution in [3.63, 3.8) is 0 Å². The molecular weight excluding hydrogens is 304 g/mol. The largest absolute Gasteiger partial charge is 0.342 e. The number of carbonyl (C=O) groups is 1. The van der Waals surface area contributed by atoms with Gasteiger partial charge in [0.05, 0.1) is 11.9 Å². The van der Waals surface area contributed by atoms with Crippen molar-refractivity contribution in [1.82, 2.24) is 20.4 Å². The van der Waals surface area contributed by atoms with E-state index in [4.69, 9.17) is 0 Å². The van der Waals surface area contributed by atoms with E-state index in [2.05, 4.69) is 15.5 Å². The Labute approximate surface area is 130 Å². The third-order valence-corrected chi connectivity index (χ3v) is 5.75. The molecule has 0 bridgehead atoms. The van der Waals surface area contributed by atoms with E-state index in [1.807, 2.05) is 4.90 Å². The summed E-state index contributed by atoms with van der Waals surface area (Å²) >= 11 is 0. The molecule has 0 aliphatic carbocycles. The zero-order valence-electron chi connectivity index (χ0n) is 12.7. The number of H-pyrrole nitrogens is 1. The lowest BCUT2D eigenvalue weighted by atomic mass is 9.96. The van der Waals surface area contributed by atoms with E-state index in [-0.39, 0.29) is 22.6 Å². The van der Waals surface area contributed by atoms with Crippen molar-refractivity contribution in [2.75, 3.05) is 32.4 Å². The summed E-state index contributed by atoms with van der Waals surface area (Å²) in [4.78, 5) is 14.7. The normalized spacial score (nSPS) is 23.9. The van der Waals surface area contributed by atoms with Crippen LogP contribution in [0.25, 0.3) is 0 Å². The molecule has 1 amide bonds. The number of likely N-dealkylation sites (tertiary alicyclic amines) is 1. The Morgan fingerprint density at radius 3 is 2.73 bits per heavy atom. The van der Waals surface area contributed by atoms with Crippen molar-refractivity contribution >= 4 is 15.7 Å². The van der Waals surface area contributed by atoms with Crippen molar-refractivity contribution in [3.05, 3.63) is 11.9 Å². The second-order valence-corrected chi connectivity index (χ2v) is 8.20. The average Bonchev–Trinajstić information content (AvgIpc) is 3.15. The van der Waals surface area contributed by atoms with Crippen LogP contribution in [0.2, 0.25) is 0 Å². The summed E-state index contributed by atoms with van der Waals surface area (Å²) < 4.78 is 23.6. The highest BCUT2D eigenvalue weighted by atomic mass is 32.2. The number of hydrogen-bond acceptors (Lipinski definition) is 5. The Morgan fingerprint density at radius 2 is 2.05 bits per heavy atom. The lowest BCUT2D eigenvalue weighted by Crippen LogP contribution is -2.40. The van der Waals surface area contributed by atoms with Gasteiger partial charge in [-0.2, -0.15) is 5.10 Å². The summed E-state index contributed by atoms with van der Waals surface area (Å²) in [5.41, 5.74) is 0.642. The van der Waals surface area contributed by atoms with E-state index in [1.54, 1.807) is 0 Å². The maximum atomic E-state index is 12.6. The number of hydrogen-bond donors (Lipinski definition) is 2. The molecule has 2 aliphatic heterocycles. The van der Waals surface area contributed by atoms with Gasteiger partial charge in [0.1, 0.15) is 4.90 Å². The molecule has 7 nitrogen and oxygen atoms in total. The smallest absolute Gasteiger partial charge is 0.225 e. The van der Waals surface area contributed by atoms with E-state index >= 15 is 0 Å². The number of amides is 1. The van der Waals surface area contributed by atoms with Gasteiger partial charge in [0, 0.05) is 31.2 Å². The second-order valence-electron chi connectivity index (χ2n) is 6.21. The molecule has 122 valence electrons. The number of sulfone groups is 1. The number of rotatable bonds is 3. The number of nitrogens with one attached hydrogen (secondary N) is 2. The van der Waals surface area contributed by atoms with Crippen molar-refractivity contribution in [1.29, 1.82) is 0 Å².